The van der Waals surface area contributed by atoms with E-state index in [-0.39, 0.29) is 0 Å². The largest absolute Gasteiger partial charge is 0.439 e. The maximum Gasteiger partial charge on any atom is 0.439 e. The highest BCUT2D eigenvalue weighted by molar-refractivity contribution is 7.12. The van der Waals surface area contributed by atoms with Crippen LogP contribution < -0.4 is 0 Å². The van der Waals surface area contributed by atoms with Gasteiger partial charge in [0.05, 0.1) is 0 Å². The minimum absolute atomic E-state index is 0.635. The highest BCUT2D eigenvalue weighted by atomic mass is 35.6. The summed E-state index contributed by atoms with van der Waals surface area (Å²) in [5.74, 6) is 0. The van der Waals surface area contributed by atoms with Gasteiger partial charge in [-0.05, 0) is 19.9 Å². The second-order valence-corrected chi connectivity index (χ2v) is 6.42. The Morgan fingerprint density at radius 2 is 1.90 bits per heavy atom. The van der Waals surface area contributed by atoms with Gasteiger partial charge in [-0.3, -0.25) is 0 Å². The lowest BCUT2D eigenvalue weighted by Crippen LogP contribution is -2.32. The van der Waals surface area contributed by atoms with Gasteiger partial charge in [0.25, 0.3) is 0 Å². The first-order valence-corrected chi connectivity index (χ1v) is 6.92. The normalized spacial score (nSPS) is 16.8. The van der Waals surface area contributed by atoms with Crippen molar-refractivity contribution in [3.63, 3.8) is 0 Å². The van der Waals surface area contributed by atoms with Crippen LogP contribution in [0.5, 0.6) is 0 Å². The van der Waals surface area contributed by atoms with Gasteiger partial charge in [0, 0.05) is 13.2 Å². The van der Waals surface area contributed by atoms with Crippen molar-refractivity contribution in [1.82, 2.24) is 0 Å². The van der Waals surface area contributed by atoms with E-state index in [4.69, 9.17) is 19.9 Å². The summed E-state index contributed by atoms with van der Waals surface area (Å²) in [7, 11) is -2.25. The molecule has 0 aliphatic rings. The molecule has 0 spiro atoms. The van der Waals surface area contributed by atoms with E-state index in [9.17, 15) is 0 Å². The first-order chi connectivity index (χ1) is 4.62. The van der Waals surface area contributed by atoms with Crippen LogP contribution in [0.2, 0.25) is 6.55 Å². The molecule has 4 heteroatoms. The highest BCUT2D eigenvalue weighted by Crippen LogP contribution is 2.11. The van der Waals surface area contributed by atoms with Gasteiger partial charge < -0.3 is 8.85 Å². The molecule has 0 aromatic rings. The van der Waals surface area contributed by atoms with Gasteiger partial charge in [-0.1, -0.05) is 18.0 Å². The Morgan fingerprint density at radius 1 is 1.30 bits per heavy atom. The molecule has 0 amide bonds. The molecule has 10 heavy (non-hydrogen) atoms. The Morgan fingerprint density at radius 3 is 2.30 bits per heavy atom. The van der Waals surface area contributed by atoms with Crippen molar-refractivity contribution >= 4 is 18.9 Å². The summed E-state index contributed by atoms with van der Waals surface area (Å²) in [4.78, 5) is 0. The average Bonchev–Trinajstić information content (AvgIpc) is 1.84. The van der Waals surface area contributed by atoms with Gasteiger partial charge in [-0.25, -0.2) is 0 Å². The van der Waals surface area contributed by atoms with Gasteiger partial charge in [0.1, 0.15) is 0 Å². The van der Waals surface area contributed by atoms with Gasteiger partial charge in [-0.2, -0.15) is 0 Å². The molecule has 62 valence electrons. The predicted octanol–water partition coefficient (Wildman–Crippen LogP) is 2.26. The molecule has 0 heterocycles. The molecule has 0 radical (unpaired) electrons. The molecule has 0 fully saturated rings. The summed E-state index contributed by atoms with van der Waals surface area (Å²) >= 11 is 5.91. The smallest absolute Gasteiger partial charge is 0.383 e. The zero-order chi connectivity index (χ0) is 8.04. The van der Waals surface area contributed by atoms with Crippen LogP contribution >= 0.6 is 11.1 Å². The first-order valence-electron chi connectivity index (χ1n) is 3.59. The molecule has 0 aliphatic heterocycles. The third-order valence-corrected chi connectivity index (χ3v) is 3.14. The van der Waals surface area contributed by atoms with E-state index in [0.717, 1.165) is 6.42 Å². The van der Waals surface area contributed by atoms with Gasteiger partial charge in [0.15, 0.2) is 0 Å². The van der Waals surface area contributed by atoms with E-state index in [0.29, 0.717) is 13.2 Å². The molecule has 1 atom stereocenters. The topological polar surface area (TPSA) is 18.5 Å². The SMILES string of the molecule is CCCO[Si](C)(Cl)OCC. The van der Waals surface area contributed by atoms with Crippen LogP contribution in [-0.2, 0) is 8.85 Å². The lowest BCUT2D eigenvalue weighted by atomic mass is 10.5. The quantitative estimate of drug-likeness (QED) is 0.480. The van der Waals surface area contributed by atoms with E-state index in [1.54, 1.807) is 0 Å². The number of halogens is 1. The monoisotopic (exact) mass is 182 g/mol. The fourth-order valence-electron chi connectivity index (χ4n) is 0.584. The van der Waals surface area contributed by atoms with Crippen LogP contribution in [-0.4, -0.2) is 21.1 Å². The highest BCUT2D eigenvalue weighted by Gasteiger charge is 2.27. The standard InChI is InChI=1S/C6H15ClO2Si/c1-4-6-9-10(3,7)8-5-2/h4-6H2,1-3H3. The van der Waals surface area contributed by atoms with E-state index in [2.05, 4.69) is 0 Å². The Bertz CT molecular complexity index is 87.8. The Hall–Kier alpha value is 0.427. The summed E-state index contributed by atoms with van der Waals surface area (Å²) in [5, 5.41) is 0. The summed E-state index contributed by atoms with van der Waals surface area (Å²) < 4.78 is 10.5. The fraction of sp³-hybridized carbons (Fsp3) is 1.00. The Labute approximate surface area is 68.4 Å². The van der Waals surface area contributed by atoms with E-state index in [1.165, 1.54) is 0 Å². The lowest BCUT2D eigenvalue weighted by Gasteiger charge is -2.17. The predicted molar refractivity (Wildman–Crippen MR) is 45.3 cm³/mol. The van der Waals surface area contributed by atoms with Crippen molar-refractivity contribution in [2.24, 2.45) is 0 Å². The molecule has 0 aromatic carbocycles. The van der Waals surface area contributed by atoms with E-state index >= 15 is 0 Å². The molecule has 0 aromatic heterocycles. The average molecular weight is 183 g/mol. The zero-order valence-electron chi connectivity index (χ0n) is 6.82. The minimum Gasteiger partial charge on any atom is -0.383 e. The van der Waals surface area contributed by atoms with Crippen LogP contribution in [0.1, 0.15) is 20.3 Å². The number of rotatable bonds is 5. The summed E-state index contributed by atoms with van der Waals surface area (Å²) in [6.45, 7) is 7.14. The second kappa shape index (κ2) is 5.13. The van der Waals surface area contributed by atoms with Crippen molar-refractivity contribution < 1.29 is 8.85 Å². The molecule has 0 saturated heterocycles. The van der Waals surface area contributed by atoms with Crippen LogP contribution in [0.4, 0.5) is 0 Å². The summed E-state index contributed by atoms with van der Waals surface area (Å²) in [6.07, 6.45) is 0.988. The van der Waals surface area contributed by atoms with Crippen molar-refractivity contribution in [2.75, 3.05) is 13.2 Å². The van der Waals surface area contributed by atoms with Crippen molar-refractivity contribution in [1.29, 1.82) is 0 Å². The molecule has 1 unspecified atom stereocenters. The lowest BCUT2D eigenvalue weighted by molar-refractivity contribution is 0.200. The molecular weight excluding hydrogens is 168 g/mol. The van der Waals surface area contributed by atoms with Gasteiger partial charge >= 0.3 is 7.87 Å². The van der Waals surface area contributed by atoms with Crippen molar-refractivity contribution in [2.45, 2.75) is 26.8 Å². The number of hydrogen-bond donors (Lipinski definition) is 0. The van der Waals surface area contributed by atoms with Crippen molar-refractivity contribution in [3.8, 4) is 0 Å². The van der Waals surface area contributed by atoms with Crippen LogP contribution in [0, 0.1) is 0 Å². The zero-order valence-corrected chi connectivity index (χ0v) is 8.57. The fourth-order valence-corrected chi connectivity index (χ4v) is 2.31. The van der Waals surface area contributed by atoms with Crippen LogP contribution in [0.15, 0.2) is 0 Å². The van der Waals surface area contributed by atoms with Gasteiger partial charge in [0.2, 0.25) is 0 Å². The molecular formula is C6H15ClO2Si. The van der Waals surface area contributed by atoms with Crippen molar-refractivity contribution in [3.05, 3.63) is 0 Å². The third-order valence-electron chi connectivity index (χ3n) is 0.966. The third kappa shape index (κ3) is 5.23. The maximum absolute atomic E-state index is 5.91. The molecule has 0 rings (SSSR count). The molecule has 0 aliphatic carbocycles. The van der Waals surface area contributed by atoms with Gasteiger partial charge in [-0.15, -0.1) is 0 Å². The Balaban J connectivity index is 3.42. The molecule has 0 saturated carbocycles. The van der Waals surface area contributed by atoms with Crippen LogP contribution in [0.25, 0.3) is 0 Å². The summed E-state index contributed by atoms with van der Waals surface area (Å²) in [5.41, 5.74) is 0. The van der Waals surface area contributed by atoms with Crippen LogP contribution in [0.3, 0.4) is 0 Å². The summed E-state index contributed by atoms with van der Waals surface area (Å²) in [6, 6.07) is 0. The molecule has 2 nitrogen and oxygen atoms in total. The van der Waals surface area contributed by atoms with E-state index in [1.807, 2.05) is 20.4 Å². The maximum atomic E-state index is 5.91. The second-order valence-electron chi connectivity index (χ2n) is 2.12. The molecule has 0 N–H and O–H groups in total. The minimum atomic E-state index is -2.25. The van der Waals surface area contributed by atoms with E-state index < -0.39 is 7.87 Å². The first kappa shape index (κ1) is 10.4. The number of hydrogen-bond acceptors (Lipinski definition) is 2. The molecule has 0 bridgehead atoms. The Kier molecular flexibility index (Phi) is 5.35.